The van der Waals surface area contributed by atoms with Crippen molar-refractivity contribution in [3.8, 4) is 0 Å². The van der Waals surface area contributed by atoms with E-state index < -0.39 is 5.54 Å². The zero-order valence-electron chi connectivity index (χ0n) is 11.7. The van der Waals surface area contributed by atoms with E-state index in [0.717, 1.165) is 25.7 Å². The van der Waals surface area contributed by atoms with Gasteiger partial charge in [0.15, 0.2) is 0 Å². The zero-order valence-corrected chi connectivity index (χ0v) is 11.7. The van der Waals surface area contributed by atoms with Crippen molar-refractivity contribution >= 4 is 11.8 Å². The second-order valence-electron chi connectivity index (χ2n) is 6.07. The van der Waals surface area contributed by atoms with Gasteiger partial charge in [0.2, 0.25) is 11.8 Å². The third-order valence-corrected chi connectivity index (χ3v) is 4.12. The first-order valence-corrected chi connectivity index (χ1v) is 7.12. The number of carbonyl (C=O) groups is 2. The van der Waals surface area contributed by atoms with Gasteiger partial charge in [-0.3, -0.25) is 9.59 Å². The van der Waals surface area contributed by atoms with Gasteiger partial charge in [-0.15, -0.1) is 0 Å². The Morgan fingerprint density at radius 3 is 2.44 bits per heavy atom. The van der Waals surface area contributed by atoms with Crippen molar-refractivity contribution in [1.82, 2.24) is 10.2 Å². The van der Waals surface area contributed by atoms with Crippen molar-refractivity contribution in [3.05, 3.63) is 0 Å². The summed E-state index contributed by atoms with van der Waals surface area (Å²) in [5.74, 6) is 0.112. The Morgan fingerprint density at radius 2 is 1.89 bits per heavy atom. The fraction of sp³-hybridized carbons (Fsp3) is 0.857. The van der Waals surface area contributed by atoms with Crippen molar-refractivity contribution in [2.24, 2.45) is 0 Å². The first kappa shape index (κ1) is 13.4. The van der Waals surface area contributed by atoms with Gasteiger partial charge in [-0.2, -0.15) is 0 Å². The largest absolute Gasteiger partial charge is 0.340 e. The topological polar surface area (TPSA) is 49.4 Å². The Kier molecular flexibility index (Phi) is 3.64. The summed E-state index contributed by atoms with van der Waals surface area (Å²) in [6, 6.07) is 0.0259. The van der Waals surface area contributed by atoms with Crippen LogP contribution in [0.5, 0.6) is 0 Å². The predicted octanol–water partition coefficient (Wildman–Crippen LogP) is 1.83. The Labute approximate surface area is 109 Å². The van der Waals surface area contributed by atoms with Gasteiger partial charge in [0.05, 0.1) is 0 Å². The molecule has 18 heavy (non-hydrogen) atoms. The molecule has 1 N–H and O–H groups in total. The Hall–Kier alpha value is -1.06. The van der Waals surface area contributed by atoms with E-state index in [1.54, 1.807) is 13.8 Å². The van der Waals surface area contributed by atoms with E-state index in [-0.39, 0.29) is 23.9 Å². The van der Waals surface area contributed by atoms with Crippen molar-refractivity contribution in [2.75, 3.05) is 0 Å². The van der Waals surface area contributed by atoms with Crippen LogP contribution >= 0.6 is 0 Å². The van der Waals surface area contributed by atoms with Gasteiger partial charge in [0.25, 0.3) is 0 Å². The molecule has 1 saturated heterocycles. The summed E-state index contributed by atoms with van der Waals surface area (Å²) in [5.41, 5.74) is -0.746. The molecule has 1 aliphatic heterocycles. The molecule has 0 aromatic rings. The summed E-state index contributed by atoms with van der Waals surface area (Å²) in [7, 11) is 0. The Morgan fingerprint density at radius 1 is 1.28 bits per heavy atom. The van der Waals surface area contributed by atoms with Gasteiger partial charge in [-0.1, -0.05) is 26.2 Å². The lowest BCUT2D eigenvalue weighted by atomic mass is 9.92. The highest BCUT2D eigenvalue weighted by Crippen LogP contribution is 2.31. The lowest BCUT2D eigenvalue weighted by Gasteiger charge is -2.45. The SMILES string of the molecule is CCCC1C(=O)NC(C)(C)C(=O)N1C1CCCC1. The maximum absolute atomic E-state index is 12.6. The number of rotatable bonds is 3. The van der Waals surface area contributed by atoms with Crippen LogP contribution in [0.4, 0.5) is 0 Å². The third kappa shape index (κ3) is 2.25. The molecule has 102 valence electrons. The summed E-state index contributed by atoms with van der Waals surface area (Å²) in [6.07, 6.45) is 6.15. The van der Waals surface area contributed by atoms with E-state index >= 15 is 0 Å². The average molecular weight is 252 g/mol. The Bertz CT molecular complexity index is 346. The molecule has 0 spiro atoms. The maximum Gasteiger partial charge on any atom is 0.248 e. The zero-order chi connectivity index (χ0) is 13.3. The highest BCUT2D eigenvalue weighted by atomic mass is 16.2. The minimum absolute atomic E-state index is 0.0216. The van der Waals surface area contributed by atoms with Gasteiger partial charge in [-0.05, 0) is 33.1 Å². The second kappa shape index (κ2) is 4.90. The summed E-state index contributed by atoms with van der Waals surface area (Å²) in [5, 5.41) is 2.86. The van der Waals surface area contributed by atoms with Crippen LogP contribution in [0.2, 0.25) is 0 Å². The van der Waals surface area contributed by atoms with Gasteiger partial charge in [0, 0.05) is 6.04 Å². The Balaban J connectivity index is 2.26. The van der Waals surface area contributed by atoms with E-state index in [2.05, 4.69) is 12.2 Å². The first-order valence-electron chi connectivity index (χ1n) is 7.12. The number of nitrogens with one attached hydrogen (secondary N) is 1. The van der Waals surface area contributed by atoms with Crippen molar-refractivity contribution in [2.45, 2.75) is 76.9 Å². The summed E-state index contributed by atoms with van der Waals surface area (Å²) < 4.78 is 0. The highest BCUT2D eigenvalue weighted by molar-refractivity contribution is 5.99. The van der Waals surface area contributed by atoms with E-state index in [1.807, 2.05) is 4.90 Å². The van der Waals surface area contributed by atoms with Gasteiger partial charge in [-0.25, -0.2) is 0 Å². The minimum atomic E-state index is -0.746. The van der Waals surface area contributed by atoms with Crippen LogP contribution in [0, 0.1) is 0 Å². The molecule has 2 aliphatic rings. The smallest absolute Gasteiger partial charge is 0.248 e. The van der Waals surface area contributed by atoms with Crippen molar-refractivity contribution < 1.29 is 9.59 Å². The molecule has 0 aromatic carbocycles. The quantitative estimate of drug-likeness (QED) is 0.833. The number of nitrogens with zero attached hydrogens (tertiary/aromatic N) is 1. The monoisotopic (exact) mass is 252 g/mol. The lowest BCUT2D eigenvalue weighted by molar-refractivity contribution is -0.156. The van der Waals surface area contributed by atoms with Crippen molar-refractivity contribution in [3.63, 3.8) is 0 Å². The number of piperazine rings is 1. The fourth-order valence-corrected chi connectivity index (χ4v) is 3.18. The van der Waals surface area contributed by atoms with E-state index in [0.29, 0.717) is 0 Å². The normalized spacial score (nSPS) is 28.6. The predicted molar refractivity (Wildman–Crippen MR) is 70.0 cm³/mol. The molecule has 0 aromatic heterocycles. The van der Waals surface area contributed by atoms with E-state index in [9.17, 15) is 9.59 Å². The van der Waals surface area contributed by atoms with Gasteiger partial charge < -0.3 is 10.2 Å². The highest BCUT2D eigenvalue weighted by Gasteiger charge is 2.47. The third-order valence-electron chi connectivity index (χ3n) is 4.12. The number of amides is 2. The molecule has 1 aliphatic carbocycles. The molecule has 1 heterocycles. The molecular formula is C14H24N2O2. The van der Waals surface area contributed by atoms with Gasteiger partial charge >= 0.3 is 0 Å². The minimum Gasteiger partial charge on any atom is -0.340 e. The van der Waals surface area contributed by atoms with Crippen LogP contribution < -0.4 is 5.32 Å². The number of hydrogen-bond donors (Lipinski definition) is 1. The molecule has 4 heteroatoms. The molecule has 2 fully saturated rings. The van der Waals surface area contributed by atoms with Crippen LogP contribution in [-0.4, -0.2) is 34.3 Å². The van der Waals surface area contributed by atoms with Gasteiger partial charge in [0.1, 0.15) is 11.6 Å². The summed E-state index contributed by atoms with van der Waals surface area (Å²) >= 11 is 0. The van der Waals surface area contributed by atoms with Crippen LogP contribution in [-0.2, 0) is 9.59 Å². The van der Waals surface area contributed by atoms with Crippen LogP contribution in [0.3, 0.4) is 0 Å². The number of hydrogen-bond acceptors (Lipinski definition) is 2. The second-order valence-corrected chi connectivity index (χ2v) is 6.07. The average Bonchev–Trinajstić information content (AvgIpc) is 2.79. The maximum atomic E-state index is 12.6. The molecule has 0 bridgehead atoms. The molecular weight excluding hydrogens is 228 g/mol. The molecule has 2 amide bonds. The molecule has 1 atom stereocenters. The van der Waals surface area contributed by atoms with E-state index in [4.69, 9.17) is 0 Å². The van der Waals surface area contributed by atoms with E-state index in [1.165, 1.54) is 12.8 Å². The molecule has 4 nitrogen and oxygen atoms in total. The van der Waals surface area contributed by atoms with Crippen LogP contribution in [0.1, 0.15) is 59.3 Å². The lowest BCUT2D eigenvalue weighted by Crippen LogP contribution is -2.69. The van der Waals surface area contributed by atoms with Crippen LogP contribution in [0.15, 0.2) is 0 Å². The molecule has 1 unspecified atom stereocenters. The number of carbonyl (C=O) groups excluding carboxylic acids is 2. The standard InChI is InChI=1S/C14H24N2O2/c1-4-7-11-12(17)15-14(2,3)13(18)16(11)10-8-5-6-9-10/h10-11H,4-9H2,1-3H3,(H,15,17). The summed E-state index contributed by atoms with van der Waals surface area (Å²) in [6.45, 7) is 5.67. The molecule has 1 saturated carbocycles. The van der Waals surface area contributed by atoms with Crippen LogP contribution in [0.25, 0.3) is 0 Å². The van der Waals surface area contributed by atoms with Crippen molar-refractivity contribution in [1.29, 1.82) is 0 Å². The first-order chi connectivity index (χ1) is 8.47. The molecule has 2 rings (SSSR count). The summed E-state index contributed by atoms with van der Waals surface area (Å²) in [4.78, 5) is 26.7. The fourth-order valence-electron chi connectivity index (χ4n) is 3.18. The molecule has 0 radical (unpaired) electrons.